The topological polar surface area (TPSA) is 114 Å². The van der Waals surface area contributed by atoms with Gasteiger partial charge in [0.05, 0.1) is 12.1 Å². The van der Waals surface area contributed by atoms with E-state index in [0.29, 0.717) is 41.1 Å². The summed E-state index contributed by atoms with van der Waals surface area (Å²) in [5.74, 6) is 6.37. The minimum atomic E-state index is -0.314. The van der Waals surface area contributed by atoms with Gasteiger partial charge in [0.1, 0.15) is 17.0 Å². The highest BCUT2D eigenvalue weighted by molar-refractivity contribution is 5.95. The Morgan fingerprint density at radius 2 is 1.82 bits per heavy atom. The fourth-order valence-corrected chi connectivity index (χ4v) is 4.20. The number of fused-ring (bicyclic) bond motifs is 4. The Bertz CT molecular complexity index is 1230. The number of nitrogens with one attached hydrogen (secondary N) is 1. The zero-order valence-electron chi connectivity index (χ0n) is 23.7. The second-order valence-corrected chi connectivity index (χ2v) is 9.04. The van der Waals surface area contributed by atoms with Crippen LogP contribution in [0.2, 0.25) is 0 Å². The van der Waals surface area contributed by atoms with Crippen LogP contribution in [-0.2, 0) is 11.3 Å². The number of carbonyl (C=O) groups is 1. The fourth-order valence-electron chi connectivity index (χ4n) is 4.20. The quantitative estimate of drug-likeness (QED) is 0.378. The van der Waals surface area contributed by atoms with Crippen molar-refractivity contribution < 1.29 is 14.3 Å². The summed E-state index contributed by atoms with van der Waals surface area (Å²) in [6, 6.07) is 10.9. The van der Waals surface area contributed by atoms with Crippen molar-refractivity contribution in [2.45, 2.75) is 53.0 Å². The largest absolute Gasteiger partial charge is 0.491 e. The molecule has 0 unspecified atom stereocenters. The number of aromatic amines is 1. The van der Waals surface area contributed by atoms with Crippen LogP contribution in [0.15, 0.2) is 41.2 Å². The number of aromatic nitrogens is 2. The van der Waals surface area contributed by atoms with E-state index in [1.165, 1.54) is 5.01 Å². The molecule has 0 spiro atoms. The molecule has 0 radical (unpaired) electrons. The Hall–Kier alpha value is -3.27. The number of nitrogens with two attached hydrogens (primary N) is 1. The van der Waals surface area contributed by atoms with E-state index in [1.807, 2.05) is 26.0 Å². The minimum Gasteiger partial charge on any atom is -0.491 e. The average Bonchev–Trinajstić information content (AvgIpc) is 2.91. The molecule has 3 aromatic rings. The third kappa shape index (κ3) is 8.37. The van der Waals surface area contributed by atoms with Gasteiger partial charge >= 0.3 is 0 Å². The van der Waals surface area contributed by atoms with Crippen molar-refractivity contribution >= 4 is 16.9 Å². The van der Waals surface area contributed by atoms with Gasteiger partial charge in [-0.15, -0.1) is 0 Å². The van der Waals surface area contributed by atoms with Gasteiger partial charge in [0.25, 0.3) is 11.5 Å². The Kier molecular flexibility index (Phi) is 12.9. The number of amides is 1. The first-order valence-electron chi connectivity index (χ1n) is 13.3. The van der Waals surface area contributed by atoms with Crippen LogP contribution in [0, 0.1) is 0 Å². The Labute approximate surface area is 225 Å². The second-order valence-electron chi connectivity index (χ2n) is 9.04. The van der Waals surface area contributed by atoms with Crippen molar-refractivity contribution in [3.05, 3.63) is 57.9 Å². The summed E-state index contributed by atoms with van der Waals surface area (Å²) < 4.78 is 10.4. The lowest BCUT2D eigenvalue weighted by atomic mass is 10.1. The van der Waals surface area contributed by atoms with Gasteiger partial charge in [-0.25, -0.2) is 10.8 Å². The fraction of sp³-hybridized carbons (Fsp3) is 0.483. The first-order chi connectivity index (χ1) is 18.4. The van der Waals surface area contributed by atoms with Gasteiger partial charge in [-0.2, -0.15) is 0 Å². The molecule has 2 aromatic carbocycles. The van der Waals surface area contributed by atoms with E-state index in [2.05, 4.69) is 28.6 Å². The van der Waals surface area contributed by atoms with Gasteiger partial charge in [-0.05, 0) is 69.1 Å². The van der Waals surface area contributed by atoms with Crippen molar-refractivity contribution in [2.24, 2.45) is 5.84 Å². The predicted octanol–water partition coefficient (Wildman–Crippen LogP) is 4.60. The molecular weight excluding hydrogens is 482 g/mol. The first kappa shape index (κ1) is 31.0. The first-order valence-corrected chi connectivity index (χ1v) is 13.3. The molecule has 0 saturated carbocycles. The summed E-state index contributed by atoms with van der Waals surface area (Å²) in [4.78, 5) is 35.6. The zero-order chi connectivity index (χ0) is 28.1. The lowest BCUT2D eigenvalue weighted by molar-refractivity contribution is 0.0752. The lowest BCUT2D eigenvalue weighted by Crippen LogP contribution is -2.38. The predicted molar refractivity (Wildman–Crippen MR) is 153 cm³/mol. The SMILES string of the molecule is CC.CCCN(C)Cc1cc2c3nc(c(=O)[nH]c3c1)-c1cccc(c1)C(=O)N(N)CCCCCO2.COC. The van der Waals surface area contributed by atoms with Crippen LogP contribution in [0.3, 0.4) is 0 Å². The van der Waals surface area contributed by atoms with Crippen LogP contribution in [0.1, 0.15) is 62.4 Å². The molecule has 3 N–H and O–H groups in total. The maximum Gasteiger partial charge on any atom is 0.274 e. The molecule has 0 fully saturated rings. The van der Waals surface area contributed by atoms with Crippen molar-refractivity contribution in [3.63, 3.8) is 0 Å². The van der Waals surface area contributed by atoms with Crippen LogP contribution < -0.4 is 16.1 Å². The van der Waals surface area contributed by atoms with Crippen LogP contribution in [0.4, 0.5) is 0 Å². The van der Waals surface area contributed by atoms with Crippen molar-refractivity contribution in [1.82, 2.24) is 19.9 Å². The molecular formula is C29H43N5O4. The van der Waals surface area contributed by atoms with E-state index >= 15 is 0 Å². The number of nitrogens with zero attached hydrogens (tertiary/aromatic N) is 3. The molecule has 9 heteroatoms. The third-order valence-electron chi connectivity index (χ3n) is 5.82. The molecule has 4 bridgehead atoms. The van der Waals surface area contributed by atoms with Crippen molar-refractivity contribution in [1.29, 1.82) is 0 Å². The number of carbonyl (C=O) groups excluding carboxylic acids is 1. The highest BCUT2D eigenvalue weighted by atomic mass is 16.5. The van der Waals surface area contributed by atoms with Crippen LogP contribution in [0.5, 0.6) is 5.75 Å². The Balaban J connectivity index is 0.000000947. The van der Waals surface area contributed by atoms with E-state index in [4.69, 9.17) is 15.6 Å². The van der Waals surface area contributed by atoms with Gasteiger partial charge in [0.2, 0.25) is 0 Å². The maximum atomic E-state index is 13.0. The standard InChI is InChI=1S/C25H31N5O3.C2H6O.C2H6/c1-3-10-29(2)16-17-13-20-23-21(14-17)33-12-6-4-5-11-30(26)25(32)19-9-7-8-18(15-19)22(28-23)24(31)27-20;1-3-2;1-2/h7-9,13-15H,3-6,10-12,16,26H2,1-2H3,(H,27,31);1-2H3;1-2H3. The third-order valence-corrected chi connectivity index (χ3v) is 5.82. The van der Waals surface area contributed by atoms with E-state index < -0.39 is 0 Å². The van der Waals surface area contributed by atoms with E-state index in [-0.39, 0.29) is 17.2 Å². The average molecular weight is 526 g/mol. The number of hydrogen-bond acceptors (Lipinski definition) is 7. The van der Waals surface area contributed by atoms with Crippen LogP contribution in [0.25, 0.3) is 22.3 Å². The summed E-state index contributed by atoms with van der Waals surface area (Å²) in [5.41, 5.74) is 3.23. The summed E-state index contributed by atoms with van der Waals surface area (Å²) in [6.45, 7) is 8.86. The highest BCUT2D eigenvalue weighted by Crippen LogP contribution is 2.28. The van der Waals surface area contributed by atoms with Gasteiger partial charge in [0.15, 0.2) is 0 Å². The van der Waals surface area contributed by atoms with E-state index in [0.717, 1.165) is 44.3 Å². The number of hydrazine groups is 1. The number of rotatable bonds is 4. The minimum absolute atomic E-state index is 0.247. The Morgan fingerprint density at radius 1 is 1.11 bits per heavy atom. The van der Waals surface area contributed by atoms with Crippen molar-refractivity contribution in [2.75, 3.05) is 41.0 Å². The lowest BCUT2D eigenvalue weighted by Gasteiger charge is -2.17. The van der Waals surface area contributed by atoms with Gasteiger partial charge in [0, 0.05) is 38.4 Å². The van der Waals surface area contributed by atoms with E-state index in [9.17, 15) is 9.59 Å². The summed E-state index contributed by atoms with van der Waals surface area (Å²) >= 11 is 0. The number of benzene rings is 2. The number of methoxy groups -OCH3 is 1. The molecule has 0 atom stereocenters. The molecule has 38 heavy (non-hydrogen) atoms. The molecule has 0 saturated heterocycles. The van der Waals surface area contributed by atoms with Gasteiger partial charge in [-0.1, -0.05) is 32.9 Å². The molecule has 208 valence electrons. The molecule has 2 heterocycles. The molecule has 0 aliphatic carbocycles. The van der Waals surface area contributed by atoms with Crippen LogP contribution in [-0.4, -0.2) is 66.7 Å². The number of H-pyrrole nitrogens is 1. The van der Waals surface area contributed by atoms with Gasteiger partial charge < -0.3 is 19.4 Å². The second kappa shape index (κ2) is 15.9. The molecule has 1 aliphatic rings. The van der Waals surface area contributed by atoms with Gasteiger partial charge in [-0.3, -0.25) is 14.6 Å². The zero-order valence-corrected chi connectivity index (χ0v) is 23.7. The number of hydrogen-bond donors (Lipinski definition) is 2. The number of ether oxygens (including phenoxy) is 2. The molecule has 1 amide bonds. The molecule has 1 aromatic heterocycles. The molecule has 4 rings (SSSR count). The highest BCUT2D eigenvalue weighted by Gasteiger charge is 2.17. The molecule has 1 aliphatic heterocycles. The smallest absolute Gasteiger partial charge is 0.274 e. The summed E-state index contributed by atoms with van der Waals surface area (Å²) in [5, 5.41) is 1.23. The monoisotopic (exact) mass is 525 g/mol. The Morgan fingerprint density at radius 3 is 2.53 bits per heavy atom. The normalized spacial score (nSPS) is 13.6. The maximum absolute atomic E-state index is 13.0. The van der Waals surface area contributed by atoms with Crippen LogP contribution >= 0.6 is 0 Å². The van der Waals surface area contributed by atoms with Crippen molar-refractivity contribution in [3.8, 4) is 17.0 Å². The summed E-state index contributed by atoms with van der Waals surface area (Å²) in [7, 11) is 5.33. The van der Waals surface area contributed by atoms with E-state index in [1.54, 1.807) is 38.5 Å². The molecule has 9 nitrogen and oxygen atoms in total. The summed E-state index contributed by atoms with van der Waals surface area (Å²) in [6.07, 6.45) is 3.56.